The molecular weight excluding hydrogens is 224 g/mol. The van der Waals surface area contributed by atoms with Crippen LogP contribution in [0.1, 0.15) is 45.1 Å². The third kappa shape index (κ3) is 1.76. The number of hydrogen-bond donors (Lipinski definition) is 1. The van der Waals surface area contributed by atoms with Crippen molar-refractivity contribution < 1.29 is 0 Å². The van der Waals surface area contributed by atoms with Crippen molar-refractivity contribution in [2.45, 2.75) is 45.1 Å². The molecule has 4 nitrogen and oxygen atoms in total. The highest BCUT2D eigenvalue weighted by Crippen LogP contribution is 2.38. The van der Waals surface area contributed by atoms with E-state index in [4.69, 9.17) is 5.73 Å². The van der Waals surface area contributed by atoms with Crippen molar-refractivity contribution in [1.82, 2.24) is 14.5 Å². The number of anilines is 1. The van der Waals surface area contributed by atoms with Gasteiger partial charge in [-0.25, -0.2) is 9.97 Å². The fourth-order valence-corrected chi connectivity index (χ4v) is 3.28. The molecule has 96 valence electrons. The van der Waals surface area contributed by atoms with Gasteiger partial charge in [-0.3, -0.25) is 4.57 Å². The Kier molecular flexibility index (Phi) is 2.94. The molecule has 0 bridgehead atoms. The molecule has 2 atom stereocenters. The van der Waals surface area contributed by atoms with Crippen LogP contribution in [0, 0.1) is 5.92 Å². The van der Waals surface area contributed by atoms with E-state index in [0.717, 1.165) is 11.2 Å². The number of nitrogens with two attached hydrogens (primary N) is 1. The Morgan fingerprint density at radius 1 is 1.39 bits per heavy atom. The molecule has 4 heteroatoms. The van der Waals surface area contributed by atoms with Crippen molar-refractivity contribution >= 4 is 17.1 Å². The van der Waals surface area contributed by atoms with Crippen molar-refractivity contribution in [3.8, 4) is 0 Å². The van der Waals surface area contributed by atoms with Crippen LogP contribution in [0.5, 0.6) is 0 Å². The van der Waals surface area contributed by atoms with Gasteiger partial charge in [-0.15, -0.1) is 0 Å². The van der Waals surface area contributed by atoms with E-state index in [1.165, 1.54) is 32.1 Å². The Labute approximate surface area is 107 Å². The molecule has 0 aliphatic heterocycles. The maximum atomic E-state index is 6.11. The van der Waals surface area contributed by atoms with Gasteiger partial charge in [-0.2, -0.15) is 0 Å². The number of nitrogen functional groups attached to an aromatic ring is 1. The van der Waals surface area contributed by atoms with Crippen LogP contribution in [0.3, 0.4) is 0 Å². The highest BCUT2D eigenvalue weighted by Gasteiger charge is 2.28. The average molecular weight is 244 g/mol. The molecule has 0 spiro atoms. The molecule has 0 amide bonds. The second-order valence-corrected chi connectivity index (χ2v) is 5.21. The minimum Gasteiger partial charge on any atom is -0.369 e. The van der Waals surface area contributed by atoms with Gasteiger partial charge in [0.1, 0.15) is 5.52 Å². The smallest absolute Gasteiger partial charge is 0.202 e. The maximum Gasteiger partial charge on any atom is 0.202 e. The van der Waals surface area contributed by atoms with Crippen LogP contribution in [0.2, 0.25) is 0 Å². The number of pyridine rings is 1. The molecule has 2 unspecified atom stereocenters. The SMILES string of the molecule is CCC1CCCCC1n1c(N)nc2cccnc21. The van der Waals surface area contributed by atoms with Crippen molar-refractivity contribution in [3.63, 3.8) is 0 Å². The summed E-state index contributed by atoms with van der Waals surface area (Å²) in [4.78, 5) is 8.90. The van der Waals surface area contributed by atoms with Crippen molar-refractivity contribution in [1.29, 1.82) is 0 Å². The van der Waals surface area contributed by atoms with Gasteiger partial charge in [0.15, 0.2) is 5.65 Å². The number of hydrogen-bond acceptors (Lipinski definition) is 3. The lowest BCUT2D eigenvalue weighted by atomic mass is 9.82. The van der Waals surface area contributed by atoms with Gasteiger partial charge in [0.2, 0.25) is 5.95 Å². The minimum atomic E-state index is 0.476. The first-order chi connectivity index (χ1) is 8.81. The van der Waals surface area contributed by atoms with Crippen LogP contribution in [-0.4, -0.2) is 14.5 Å². The average Bonchev–Trinajstić information content (AvgIpc) is 2.74. The van der Waals surface area contributed by atoms with Crippen LogP contribution in [0.25, 0.3) is 11.2 Å². The zero-order valence-electron chi connectivity index (χ0n) is 10.8. The number of fused-ring (bicyclic) bond motifs is 1. The van der Waals surface area contributed by atoms with Gasteiger partial charge in [-0.1, -0.05) is 26.2 Å². The quantitative estimate of drug-likeness (QED) is 0.882. The van der Waals surface area contributed by atoms with Gasteiger partial charge in [-0.05, 0) is 30.9 Å². The first-order valence-corrected chi connectivity index (χ1v) is 6.89. The summed E-state index contributed by atoms with van der Waals surface area (Å²) in [5.41, 5.74) is 7.97. The summed E-state index contributed by atoms with van der Waals surface area (Å²) >= 11 is 0. The van der Waals surface area contributed by atoms with Gasteiger partial charge in [0, 0.05) is 12.2 Å². The Morgan fingerprint density at radius 3 is 3.06 bits per heavy atom. The summed E-state index contributed by atoms with van der Waals surface area (Å²) in [5, 5.41) is 0. The zero-order chi connectivity index (χ0) is 12.5. The van der Waals surface area contributed by atoms with E-state index >= 15 is 0 Å². The second-order valence-electron chi connectivity index (χ2n) is 5.21. The van der Waals surface area contributed by atoms with E-state index in [0.29, 0.717) is 17.9 Å². The van der Waals surface area contributed by atoms with Crippen LogP contribution < -0.4 is 5.73 Å². The molecule has 3 rings (SSSR count). The topological polar surface area (TPSA) is 56.7 Å². The first kappa shape index (κ1) is 11.5. The molecule has 0 saturated heterocycles. The Morgan fingerprint density at radius 2 is 2.22 bits per heavy atom. The fourth-order valence-electron chi connectivity index (χ4n) is 3.28. The number of rotatable bonds is 2. The second kappa shape index (κ2) is 4.59. The number of imidazole rings is 1. The van der Waals surface area contributed by atoms with Gasteiger partial charge in [0.25, 0.3) is 0 Å². The van der Waals surface area contributed by atoms with Crippen LogP contribution >= 0.6 is 0 Å². The van der Waals surface area contributed by atoms with E-state index in [1.807, 2.05) is 18.3 Å². The molecule has 1 aliphatic carbocycles. The predicted molar refractivity (Wildman–Crippen MR) is 73.2 cm³/mol. The van der Waals surface area contributed by atoms with E-state index < -0.39 is 0 Å². The summed E-state index contributed by atoms with van der Waals surface area (Å²) in [6.45, 7) is 2.27. The summed E-state index contributed by atoms with van der Waals surface area (Å²) in [6, 6.07) is 4.37. The van der Waals surface area contributed by atoms with E-state index in [9.17, 15) is 0 Å². The molecule has 1 aliphatic rings. The lowest BCUT2D eigenvalue weighted by Gasteiger charge is -2.32. The summed E-state index contributed by atoms with van der Waals surface area (Å²) in [7, 11) is 0. The standard InChI is InChI=1S/C14H20N4/c1-2-10-6-3-4-8-12(10)18-13-11(17-14(18)15)7-5-9-16-13/h5,7,9-10,12H,2-4,6,8H2,1H3,(H2,15,17). The zero-order valence-corrected chi connectivity index (χ0v) is 10.8. The van der Waals surface area contributed by atoms with E-state index in [-0.39, 0.29) is 0 Å². The fraction of sp³-hybridized carbons (Fsp3) is 0.571. The number of aromatic nitrogens is 3. The summed E-state index contributed by atoms with van der Waals surface area (Å²) in [5.74, 6) is 1.33. The maximum absolute atomic E-state index is 6.11. The molecule has 18 heavy (non-hydrogen) atoms. The highest BCUT2D eigenvalue weighted by molar-refractivity contribution is 5.74. The minimum absolute atomic E-state index is 0.476. The summed E-state index contributed by atoms with van der Waals surface area (Å²) in [6.07, 6.45) is 8.15. The molecule has 0 aromatic carbocycles. The Balaban J connectivity index is 2.09. The molecule has 2 heterocycles. The van der Waals surface area contributed by atoms with E-state index in [2.05, 4.69) is 21.5 Å². The van der Waals surface area contributed by atoms with Crippen molar-refractivity contribution in [2.75, 3.05) is 5.73 Å². The Bertz CT molecular complexity index is 546. The molecule has 2 aromatic rings. The van der Waals surface area contributed by atoms with Crippen molar-refractivity contribution in [3.05, 3.63) is 18.3 Å². The lowest BCUT2D eigenvalue weighted by molar-refractivity contribution is 0.238. The third-order valence-corrected chi connectivity index (χ3v) is 4.20. The number of nitrogens with zero attached hydrogens (tertiary/aromatic N) is 3. The molecule has 1 saturated carbocycles. The summed E-state index contributed by atoms with van der Waals surface area (Å²) < 4.78 is 2.17. The lowest BCUT2D eigenvalue weighted by Crippen LogP contribution is -2.24. The third-order valence-electron chi connectivity index (χ3n) is 4.20. The Hall–Kier alpha value is -1.58. The predicted octanol–water partition coefficient (Wildman–Crippen LogP) is 3.15. The monoisotopic (exact) mass is 244 g/mol. The van der Waals surface area contributed by atoms with Crippen LogP contribution in [0.4, 0.5) is 5.95 Å². The van der Waals surface area contributed by atoms with Crippen molar-refractivity contribution in [2.24, 2.45) is 5.92 Å². The highest BCUT2D eigenvalue weighted by atomic mass is 15.2. The van der Waals surface area contributed by atoms with Crippen LogP contribution in [-0.2, 0) is 0 Å². The van der Waals surface area contributed by atoms with Gasteiger partial charge < -0.3 is 5.73 Å². The van der Waals surface area contributed by atoms with Crippen LogP contribution in [0.15, 0.2) is 18.3 Å². The van der Waals surface area contributed by atoms with E-state index in [1.54, 1.807) is 0 Å². The molecule has 1 fully saturated rings. The molecule has 2 aromatic heterocycles. The van der Waals surface area contributed by atoms with Gasteiger partial charge >= 0.3 is 0 Å². The molecular formula is C14H20N4. The van der Waals surface area contributed by atoms with Gasteiger partial charge in [0.05, 0.1) is 0 Å². The molecule has 0 radical (unpaired) electrons. The first-order valence-electron chi connectivity index (χ1n) is 6.89. The molecule has 2 N–H and O–H groups in total. The largest absolute Gasteiger partial charge is 0.369 e. The normalized spacial score (nSPS) is 24.5.